The van der Waals surface area contributed by atoms with Crippen LogP contribution < -0.4 is 10.6 Å². The van der Waals surface area contributed by atoms with Crippen molar-refractivity contribution in [3.63, 3.8) is 0 Å². The SMILES string of the molecule is Cl.O=C(Nc1ccccc1F)C1CSCN1. The number of benzene rings is 1. The highest BCUT2D eigenvalue weighted by molar-refractivity contribution is 7.99. The second-order valence-corrected chi connectivity index (χ2v) is 4.27. The van der Waals surface area contributed by atoms with E-state index in [2.05, 4.69) is 10.6 Å². The van der Waals surface area contributed by atoms with E-state index in [0.29, 0.717) is 0 Å². The number of carbonyl (C=O) groups excluding carboxylic acids is 1. The predicted octanol–water partition coefficient (Wildman–Crippen LogP) is 1.85. The molecule has 16 heavy (non-hydrogen) atoms. The summed E-state index contributed by atoms with van der Waals surface area (Å²) in [5.74, 6) is 0.928. The summed E-state index contributed by atoms with van der Waals surface area (Å²) in [6.45, 7) is 0. The molecule has 0 spiro atoms. The molecule has 0 saturated carbocycles. The fourth-order valence-corrected chi connectivity index (χ4v) is 2.29. The van der Waals surface area contributed by atoms with Gasteiger partial charge in [-0.05, 0) is 12.1 Å². The molecular formula is C10H12ClFN2OS. The van der Waals surface area contributed by atoms with Gasteiger partial charge in [0, 0.05) is 11.6 Å². The molecule has 1 aliphatic rings. The van der Waals surface area contributed by atoms with Crippen LogP contribution in [0.15, 0.2) is 24.3 Å². The van der Waals surface area contributed by atoms with Gasteiger partial charge in [-0.1, -0.05) is 12.1 Å². The molecule has 0 bridgehead atoms. The number of para-hydroxylation sites is 1. The lowest BCUT2D eigenvalue weighted by molar-refractivity contribution is -0.117. The van der Waals surface area contributed by atoms with Gasteiger partial charge in [0.2, 0.25) is 5.91 Å². The smallest absolute Gasteiger partial charge is 0.242 e. The summed E-state index contributed by atoms with van der Waals surface area (Å²) in [5, 5.41) is 5.59. The molecule has 1 heterocycles. The summed E-state index contributed by atoms with van der Waals surface area (Å²) in [5.41, 5.74) is 0.237. The van der Waals surface area contributed by atoms with Crippen molar-refractivity contribution in [1.82, 2.24) is 5.32 Å². The Labute approximate surface area is 104 Å². The Morgan fingerprint density at radius 2 is 2.25 bits per heavy atom. The minimum atomic E-state index is -0.406. The second kappa shape index (κ2) is 6.08. The van der Waals surface area contributed by atoms with Crippen molar-refractivity contribution in [2.75, 3.05) is 16.9 Å². The first kappa shape index (κ1) is 13.3. The molecule has 3 nitrogen and oxygen atoms in total. The number of rotatable bonds is 2. The Hall–Kier alpha value is -0.780. The third kappa shape index (κ3) is 3.10. The lowest BCUT2D eigenvalue weighted by Crippen LogP contribution is -2.37. The van der Waals surface area contributed by atoms with E-state index in [1.54, 1.807) is 30.0 Å². The highest BCUT2D eigenvalue weighted by Gasteiger charge is 2.22. The molecule has 1 atom stereocenters. The molecule has 2 N–H and O–H groups in total. The molecule has 0 aromatic heterocycles. The zero-order valence-electron chi connectivity index (χ0n) is 8.40. The van der Waals surface area contributed by atoms with Crippen LogP contribution in [0.2, 0.25) is 0 Å². The zero-order valence-corrected chi connectivity index (χ0v) is 10.0. The van der Waals surface area contributed by atoms with Gasteiger partial charge in [0.05, 0.1) is 11.7 Å². The maximum Gasteiger partial charge on any atom is 0.242 e. The zero-order chi connectivity index (χ0) is 10.7. The molecule has 0 aliphatic carbocycles. The molecule has 88 valence electrons. The highest BCUT2D eigenvalue weighted by atomic mass is 35.5. The number of hydrogen-bond acceptors (Lipinski definition) is 3. The van der Waals surface area contributed by atoms with Gasteiger partial charge in [0.15, 0.2) is 0 Å². The van der Waals surface area contributed by atoms with Gasteiger partial charge in [0.25, 0.3) is 0 Å². The van der Waals surface area contributed by atoms with E-state index in [9.17, 15) is 9.18 Å². The van der Waals surface area contributed by atoms with Crippen molar-refractivity contribution in [2.24, 2.45) is 0 Å². The topological polar surface area (TPSA) is 41.1 Å². The van der Waals surface area contributed by atoms with Gasteiger partial charge in [-0.25, -0.2) is 4.39 Å². The monoisotopic (exact) mass is 262 g/mol. The van der Waals surface area contributed by atoms with Gasteiger partial charge in [-0.15, -0.1) is 24.2 Å². The van der Waals surface area contributed by atoms with Crippen LogP contribution in [0.5, 0.6) is 0 Å². The van der Waals surface area contributed by atoms with E-state index in [0.717, 1.165) is 11.6 Å². The summed E-state index contributed by atoms with van der Waals surface area (Å²) < 4.78 is 13.2. The minimum absolute atomic E-state index is 0. The maximum absolute atomic E-state index is 13.2. The maximum atomic E-state index is 13.2. The third-order valence-electron chi connectivity index (χ3n) is 2.16. The summed E-state index contributed by atoms with van der Waals surface area (Å²) in [6.07, 6.45) is 0. The molecule has 6 heteroatoms. The predicted molar refractivity (Wildman–Crippen MR) is 66.5 cm³/mol. The van der Waals surface area contributed by atoms with Crippen LogP contribution in [0.3, 0.4) is 0 Å². The van der Waals surface area contributed by atoms with Crippen molar-refractivity contribution in [3.8, 4) is 0 Å². The summed E-state index contributed by atoms with van der Waals surface area (Å²) in [4.78, 5) is 11.6. The third-order valence-corrected chi connectivity index (χ3v) is 3.10. The Bertz CT molecular complexity index is 372. The average Bonchev–Trinajstić information content (AvgIpc) is 2.74. The first-order chi connectivity index (χ1) is 7.27. The van der Waals surface area contributed by atoms with Gasteiger partial charge in [-0.3, -0.25) is 10.1 Å². The van der Waals surface area contributed by atoms with Crippen molar-refractivity contribution < 1.29 is 9.18 Å². The first-order valence-electron chi connectivity index (χ1n) is 4.64. The van der Waals surface area contributed by atoms with Crippen molar-refractivity contribution in [1.29, 1.82) is 0 Å². The van der Waals surface area contributed by atoms with Crippen LogP contribution in [-0.2, 0) is 4.79 Å². The molecule has 1 unspecified atom stereocenters. The molecular weight excluding hydrogens is 251 g/mol. The summed E-state index contributed by atoms with van der Waals surface area (Å²) in [6, 6.07) is 5.95. The van der Waals surface area contributed by atoms with Crippen LogP contribution >= 0.6 is 24.2 Å². The fraction of sp³-hybridized carbons (Fsp3) is 0.300. The Kier molecular flexibility index (Phi) is 5.05. The number of halogens is 2. The molecule has 1 aromatic carbocycles. The van der Waals surface area contributed by atoms with Gasteiger partial charge in [-0.2, -0.15) is 0 Å². The first-order valence-corrected chi connectivity index (χ1v) is 5.79. The quantitative estimate of drug-likeness (QED) is 0.855. The molecule has 2 rings (SSSR count). The van der Waals surface area contributed by atoms with Crippen LogP contribution in [-0.4, -0.2) is 23.6 Å². The van der Waals surface area contributed by atoms with E-state index >= 15 is 0 Å². The highest BCUT2D eigenvalue weighted by Crippen LogP contribution is 2.15. The number of carbonyl (C=O) groups is 1. The van der Waals surface area contributed by atoms with Crippen molar-refractivity contribution in [2.45, 2.75) is 6.04 Å². The van der Waals surface area contributed by atoms with E-state index in [-0.39, 0.29) is 30.0 Å². The van der Waals surface area contributed by atoms with Crippen molar-refractivity contribution >= 4 is 35.8 Å². The fourth-order valence-electron chi connectivity index (χ4n) is 1.35. The average molecular weight is 263 g/mol. The Morgan fingerprint density at radius 1 is 1.50 bits per heavy atom. The number of hydrogen-bond donors (Lipinski definition) is 2. The second-order valence-electron chi connectivity index (χ2n) is 3.24. The number of nitrogens with one attached hydrogen (secondary N) is 2. The van der Waals surface area contributed by atoms with E-state index in [1.165, 1.54) is 6.07 Å². The normalized spacial score (nSPS) is 18.9. The number of anilines is 1. The molecule has 1 saturated heterocycles. The molecule has 1 fully saturated rings. The van der Waals surface area contributed by atoms with Crippen LogP contribution in [0.25, 0.3) is 0 Å². The van der Waals surface area contributed by atoms with E-state index in [4.69, 9.17) is 0 Å². The van der Waals surface area contributed by atoms with Gasteiger partial charge >= 0.3 is 0 Å². The Balaban J connectivity index is 0.00000128. The molecule has 0 radical (unpaired) electrons. The lowest BCUT2D eigenvalue weighted by atomic mass is 10.2. The Morgan fingerprint density at radius 3 is 2.88 bits per heavy atom. The molecule has 1 aliphatic heterocycles. The number of thioether (sulfide) groups is 1. The summed E-state index contributed by atoms with van der Waals surface area (Å²) in [7, 11) is 0. The standard InChI is InChI=1S/C10H11FN2OS.ClH/c11-7-3-1-2-4-8(7)13-10(14)9-5-15-6-12-9;/h1-4,9,12H,5-6H2,(H,13,14);1H. The summed E-state index contributed by atoms with van der Waals surface area (Å²) >= 11 is 1.66. The van der Waals surface area contributed by atoms with Gasteiger partial charge in [0.1, 0.15) is 5.82 Å². The molecule has 1 amide bonds. The van der Waals surface area contributed by atoms with E-state index < -0.39 is 5.82 Å². The minimum Gasteiger partial charge on any atom is -0.322 e. The van der Waals surface area contributed by atoms with Crippen LogP contribution in [0.1, 0.15) is 0 Å². The lowest BCUT2D eigenvalue weighted by Gasteiger charge is -2.10. The largest absolute Gasteiger partial charge is 0.322 e. The molecule has 1 aromatic rings. The van der Waals surface area contributed by atoms with E-state index in [1.807, 2.05) is 0 Å². The number of amides is 1. The van der Waals surface area contributed by atoms with Crippen LogP contribution in [0, 0.1) is 5.82 Å². The van der Waals surface area contributed by atoms with Crippen molar-refractivity contribution in [3.05, 3.63) is 30.1 Å². The van der Waals surface area contributed by atoms with Gasteiger partial charge < -0.3 is 5.32 Å². The van der Waals surface area contributed by atoms with Crippen LogP contribution in [0.4, 0.5) is 10.1 Å².